The highest BCUT2D eigenvalue weighted by molar-refractivity contribution is 5.94. The molecular formula is C12H13F3N2O3. The van der Waals surface area contributed by atoms with Gasteiger partial charge in [0, 0.05) is 6.04 Å². The standard InChI is InChI=1S/C12H13F3N2O3/c13-12(14,15)20-10-4-2-1-3-9(10)17-11(18)7-5-19-6-8(7)16/h1-4,7-8H,5-6,16H2,(H,17,18). The van der Waals surface area contributed by atoms with Gasteiger partial charge in [0.15, 0.2) is 5.75 Å². The first kappa shape index (κ1) is 14.6. The average molecular weight is 290 g/mol. The number of nitrogens with two attached hydrogens (primary N) is 1. The number of carbonyl (C=O) groups is 1. The van der Waals surface area contributed by atoms with Crippen LogP contribution in [0.5, 0.6) is 5.75 Å². The van der Waals surface area contributed by atoms with Crippen molar-refractivity contribution in [1.82, 2.24) is 0 Å². The van der Waals surface area contributed by atoms with Crippen LogP contribution in [-0.2, 0) is 9.53 Å². The average Bonchev–Trinajstić information content (AvgIpc) is 2.76. The number of carbonyl (C=O) groups excluding carboxylic acids is 1. The summed E-state index contributed by atoms with van der Waals surface area (Å²) in [6.07, 6.45) is -4.83. The van der Waals surface area contributed by atoms with E-state index in [9.17, 15) is 18.0 Å². The number of anilines is 1. The molecule has 5 nitrogen and oxygen atoms in total. The Balaban J connectivity index is 2.11. The van der Waals surface area contributed by atoms with Gasteiger partial charge in [-0.1, -0.05) is 12.1 Å². The van der Waals surface area contributed by atoms with Gasteiger partial charge < -0.3 is 20.5 Å². The van der Waals surface area contributed by atoms with E-state index in [1.165, 1.54) is 18.2 Å². The van der Waals surface area contributed by atoms with Crippen molar-refractivity contribution in [2.75, 3.05) is 18.5 Å². The highest BCUT2D eigenvalue weighted by atomic mass is 19.4. The monoisotopic (exact) mass is 290 g/mol. The van der Waals surface area contributed by atoms with Gasteiger partial charge in [-0.3, -0.25) is 4.79 Å². The number of nitrogens with one attached hydrogen (secondary N) is 1. The van der Waals surface area contributed by atoms with Crippen molar-refractivity contribution < 1.29 is 27.4 Å². The number of ether oxygens (including phenoxy) is 2. The van der Waals surface area contributed by atoms with Gasteiger partial charge in [0.25, 0.3) is 0 Å². The molecule has 8 heteroatoms. The number of para-hydroxylation sites is 2. The van der Waals surface area contributed by atoms with Crippen LogP contribution in [0.2, 0.25) is 0 Å². The fourth-order valence-corrected chi connectivity index (χ4v) is 1.85. The summed E-state index contributed by atoms with van der Waals surface area (Å²) in [7, 11) is 0. The zero-order chi connectivity index (χ0) is 14.8. The smallest absolute Gasteiger partial charge is 0.404 e. The number of rotatable bonds is 3. The lowest BCUT2D eigenvalue weighted by atomic mass is 10.0. The Morgan fingerprint density at radius 2 is 2.05 bits per heavy atom. The van der Waals surface area contributed by atoms with Crippen LogP contribution in [0.3, 0.4) is 0 Å². The first-order valence-electron chi connectivity index (χ1n) is 5.86. The molecular weight excluding hydrogens is 277 g/mol. The van der Waals surface area contributed by atoms with E-state index in [4.69, 9.17) is 10.5 Å². The quantitative estimate of drug-likeness (QED) is 0.884. The SMILES string of the molecule is NC1COCC1C(=O)Nc1ccccc1OC(F)(F)F. The van der Waals surface area contributed by atoms with E-state index in [1.807, 2.05) is 0 Å². The summed E-state index contributed by atoms with van der Waals surface area (Å²) in [5, 5.41) is 2.38. The van der Waals surface area contributed by atoms with Crippen LogP contribution in [-0.4, -0.2) is 31.5 Å². The molecule has 1 aromatic rings. The highest BCUT2D eigenvalue weighted by Gasteiger charge is 2.34. The molecule has 1 fully saturated rings. The molecule has 0 aromatic heterocycles. The third-order valence-corrected chi connectivity index (χ3v) is 2.83. The molecule has 0 aliphatic carbocycles. The predicted octanol–water partition coefficient (Wildman–Crippen LogP) is 1.50. The van der Waals surface area contributed by atoms with Gasteiger partial charge in [-0.15, -0.1) is 13.2 Å². The molecule has 2 atom stereocenters. The van der Waals surface area contributed by atoms with E-state index in [0.29, 0.717) is 0 Å². The Morgan fingerprint density at radius 3 is 2.65 bits per heavy atom. The van der Waals surface area contributed by atoms with Crippen LogP contribution in [0.25, 0.3) is 0 Å². The van der Waals surface area contributed by atoms with Gasteiger partial charge in [-0.05, 0) is 12.1 Å². The third kappa shape index (κ3) is 3.61. The number of hydrogen-bond acceptors (Lipinski definition) is 4. The van der Waals surface area contributed by atoms with Crippen molar-refractivity contribution in [3.05, 3.63) is 24.3 Å². The molecule has 1 saturated heterocycles. The highest BCUT2D eigenvalue weighted by Crippen LogP contribution is 2.30. The van der Waals surface area contributed by atoms with Gasteiger partial charge in [0.05, 0.1) is 24.8 Å². The van der Waals surface area contributed by atoms with E-state index in [2.05, 4.69) is 10.1 Å². The minimum Gasteiger partial charge on any atom is -0.404 e. The van der Waals surface area contributed by atoms with Crippen molar-refractivity contribution in [3.63, 3.8) is 0 Å². The molecule has 3 N–H and O–H groups in total. The van der Waals surface area contributed by atoms with Crippen molar-refractivity contribution in [1.29, 1.82) is 0 Å². The summed E-state index contributed by atoms with van der Waals surface area (Å²) in [6, 6.07) is 4.84. The van der Waals surface area contributed by atoms with E-state index >= 15 is 0 Å². The number of halogens is 3. The second-order valence-corrected chi connectivity index (χ2v) is 4.34. The van der Waals surface area contributed by atoms with Crippen LogP contribution >= 0.6 is 0 Å². The number of alkyl halides is 3. The Morgan fingerprint density at radius 1 is 1.35 bits per heavy atom. The molecule has 1 aromatic carbocycles. The summed E-state index contributed by atoms with van der Waals surface area (Å²) in [4.78, 5) is 11.9. The van der Waals surface area contributed by atoms with E-state index in [1.54, 1.807) is 0 Å². The summed E-state index contributed by atoms with van der Waals surface area (Å²) in [5.41, 5.74) is 5.62. The Hall–Kier alpha value is -1.80. The third-order valence-electron chi connectivity index (χ3n) is 2.83. The molecule has 1 aliphatic heterocycles. The lowest BCUT2D eigenvalue weighted by Gasteiger charge is -2.16. The van der Waals surface area contributed by atoms with Crippen LogP contribution in [0.1, 0.15) is 0 Å². The van der Waals surface area contributed by atoms with Crippen LogP contribution in [0, 0.1) is 5.92 Å². The first-order chi connectivity index (χ1) is 9.37. The van der Waals surface area contributed by atoms with E-state index < -0.39 is 30.0 Å². The van der Waals surface area contributed by atoms with Gasteiger partial charge in [-0.2, -0.15) is 0 Å². The zero-order valence-electron chi connectivity index (χ0n) is 10.3. The lowest BCUT2D eigenvalue weighted by molar-refractivity contribution is -0.274. The van der Waals surface area contributed by atoms with Gasteiger partial charge in [0.2, 0.25) is 5.91 Å². The van der Waals surface area contributed by atoms with Crippen molar-refractivity contribution >= 4 is 11.6 Å². The van der Waals surface area contributed by atoms with E-state index in [-0.39, 0.29) is 18.9 Å². The predicted molar refractivity (Wildman–Crippen MR) is 64.0 cm³/mol. The molecule has 2 rings (SSSR count). The van der Waals surface area contributed by atoms with Crippen molar-refractivity contribution in [2.24, 2.45) is 11.7 Å². The number of benzene rings is 1. The number of amides is 1. The van der Waals surface area contributed by atoms with Crippen LogP contribution in [0.4, 0.5) is 18.9 Å². The van der Waals surface area contributed by atoms with Gasteiger partial charge >= 0.3 is 6.36 Å². The fourth-order valence-electron chi connectivity index (χ4n) is 1.85. The largest absolute Gasteiger partial charge is 0.573 e. The maximum atomic E-state index is 12.2. The minimum absolute atomic E-state index is 0.0612. The van der Waals surface area contributed by atoms with Crippen molar-refractivity contribution in [3.8, 4) is 5.75 Å². The molecule has 110 valence electrons. The van der Waals surface area contributed by atoms with Crippen molar-refractivity contribution in [2.45, 2.75) is 12.4 Å². The second kappa shape index (κ2) is 5.68. The molecule has 0 radical (unpaired) electrons. The molecule has 0 bridgehead atoms. The number of hydrogen-bond donors (Lipinski definition) is 2. The molecule has 1 heterocycles. The van der Waals surface area contributed by atoms with E-state index in [0.717, 1.165) is 6.07 Å². The molecule has 0 saturated carbocycles. The molecule has 1 aliphatic rings. The summed E-state index contributed by atoms with van der Waals surface area (Å²) in [5.74, 6) is -1.55. The summed E-state index contributed by atoms with van der Waals surface area (Å²) < 4.78 is 45.6. The summed E-state index contributed by atoms with van der Waals surface area (Å²) >= 11 is 0. The topological polar surface area (TPSA) is 73.6 Å². The summed E-state index contributed by atoms with van der Waals surface area (Å²) in [6.45, 7) is 0.397. The normalized spacial score (nSPS) is 22.6. The molecule has 2 unspecified atom stereocenters. The Labute approximate surface area is 112 Å². The van der Waals surface area contributed by atoms with Gasteiger partial charge in [-0.25, -0.2) is 0 Å². The second-order valence-electron chi connectivity index (χ2n) is 4.34. The fraction of sp³-hybridized carbons (Fsp3) is 0.417. The van der Waals surface area contributed by atoms with Crippen LogP contribution in [0.15, 0.2) is 24.3 Å². The molecule has 20 heavy (non-hydrogen) atoms. The zero-order valence-corrected chi connectivity index (χ0v) is 10.3. The molecule has 0 spiro atoms. The first-order valence-corrected chi connectivity index (χ1v) is 5.86. The van der Waals surface area contributed by atoms with Gasteiger partial charge in [0.1, 0.15) is 0 Å². The Bertz CT molecular complexity index is 493. The maximum Gasteiger partial charge on any atom is 0.573 e. The van der Waals surface area contributed by atoms with Crippen LogP contribution < -0.4 is 15.8 Å². The minimum atomic E-state index is -4.83. The maximum absolute atomic E-state index is 12.2. The molecule has 1 amide bonds. The Kier molecular flexibility index (Phi) is 4.15. The lowest BCUT2D eigenvalue weighted by Crippen LogP contribution is -2.37.